The summed E-state index contributed by atoms with van der Waals surface area (Å²) in [6, 6.07) is 5.64. The number of thiocarbonyl (C=S) groups is 1. The molecule has 5 heteroatoms. The van der Waals surface area contributed by atoms with Gasteiger partial charge in [0.1, 0.15) is 0 Å². The van der Waals surface area contributed by atoms with Crippen LogP contribution in [0.15, 0.2) is 18.2 Å². The predicted molar refractivity (Wildman–Crippen MR) is 76.7 cm³/mol. The maximum atomic E-state index is 9.12. The Bertz CT molecular complexity index is 421. The lowest BCUT2D eigenvalue weighted by molar-refractivity contribution is 0.207. The molecule has 3 N–H and O–H groups in total. The van der Waals surface area contributed by atoms with Crippen LogP contribution in [-0.4, -0.2) is 22.4 Å². The van der Waals surface area contributed by atoms with Crippen molar-refractivity contribution in [1.29, 1.82) is 0 Å². The molecule has 0 bridgehead atoms. The fraction of sp³-hybridized carbons (Fsp3) is 0.417. The van der Waals surface area contributed by atoms with Crippen LogP contribution in [0, 0.1) is 6.92 Å². The number of aryl methyl sites for hydroxylation is 1. The number of benzene rings is 1. The second-order valence-corrected chi connectivity index (χ2v) is 5.40. The summed E-state index contributed by atoms with van der Waals surface area (Å²) in [7, 11) is 0. The molecule has 1 aromatic carbocycles. The normalized spacial score (nSPS) is 11.1. The van der Waals surface area contributed by atoms with Crippen molar-refractivity contribution in [1.82, 2.24) is 5.32 Å². The third kappa shape index (κ3) is 4.50. The van der Waals surface area contributed by atoms with Crippen molar-refractivity contribution in [3.63, 3.8) is 0 Å². The first kappa shape index (κ1) is 14.2. The van der Waals surface area contributed by atoms with E-state index in [4.69, 9.17) is 28.9 Å². The number of aliphatic hydroxyl groups excluding tert-OH is 1. The molecule has 0 heterocycles. The lowest BCUT2D eigenvalue weighted by Gasteiger charge is -2.25. The molecule has 1 rings (SSSR count). The van der Waals surface area contributed by atoms with Crippen LogP contribution in [0.3, 0.4) is 0 Å². The highest BCUT2D eigenvalue weighted by Gasteiger charge is 2.16. The van der Waals surface area contributed by atoms with E-state index >= 15 is 0 Å². The summed E-state index contributed by atoms with van der Waals surface area (Å²) in [6.07, 6.45) is 0. The molecule has 0 aliphatic rings. The number of halogens is 1. The van der Waals surface area contributed by atoms with Crippen LogP contribution in [0.4, 0.5) is 5.69 Å². The molecule has 0 aliphatic heterocycles. The van der Waals surface area contributed by atoms with Gasteiger partial charge in [0.05, 0.1) is 12.1 Å². The highest BCUT2D eigenvalue weighted by molar-refractivity contribution is 7.80. The maximum absolute atomic E-state index is 9.12. The summed E-state index contributed by atoms with van der Waals surface area (Å²) >= 11 is 11.2. The van der Waals surface area contributed by atoms with Crippen molar-refractivity contribution in [2.45, 2.75) is 26.3 Å². The predicted octanol–water partition coefficient (Wildman–Crippen LogP) is 2.71. The molecule has 0 spiro atoms. The molecule has 0 saturated carbocycles. The van der Waals surface area contributed by atoms with Gasteiger partial charge in [0.15, 0.2) is 5.11 Å². The van der Waals surface area contributed by atoms with Gasteiger partial charge in [0.2, 0.25) is 0 Å². The standard InChI is InChI=1S/C12H17ClN2OS/c1-8-4-5-9(6-10(8)13)14-11(17)15-12(2,3)7-16/h4-6,16H,7H2,1-3H3,(H2,14,15,17). The van der Waals surface area contributed by atoms with E-state index in [1.54, 1.807) is 0 Å². The summed E-state index contributed by atoms with van der Waals surface area (Å²) in [5, 5.41) is 16.3. The molecule has 0 atom stereocenters. The first-order valence-electron chi connectivity index (χ1n) is 5.30. The number of nitrogens with one attached hydrogen (secondary N) is 2. The monoisotopic (exact) mass is 272 g/mol. The first-order valence-corrected chi connectivity index (χ1v) is 6.09. The Morgan fingerprint density at radius 3 is 2.65 bits per heavy atom. The van der Waals surface area contributed by atoms with Crippen molar-refractivity contribution >= 4 is 34.6 Å². The van der Waals surface area contributed by atoms with Gasteiger partial charge in [-0.2, -0.15) is 0 Å². The minimum Gasteiger partial charge on any atom is -0.394 e. The Morgan fingerprint density at radius 1 is 1.47 bits per heavy atom. The van der Waals surface area contributed by atoms with E-state index < -0.39 is 5.54 Å². The lowest BCUT2D eigenvalue weighted by Crippen LogP contribution is -2.47. The summed E-state index contributed by atoms with van der Waals surface area (Å²) in [4.78, 5) is 0. The van der Waals surface area contributed by atoms with E-state index in [9.17, 15) is 0 Å². The highest BCUT2D eigenvalue weighted by atomic mass is 35.5. The quantitative estimate of drug-likeness (QED) is 0.741. The Balaban J connectivity index is 2.65. The topological polar surface area (TPSA) is 44.3 Å². The zero-order valence-corrected chi connectivity index (χ0v) is 11.7. The zero-order chi connectivity index (χ0) is 13.1. The molecule has 1 aromatic rings. The fourth-order valence-electron chi connectivity index (χ4n) is 1.18. The van der Waals surface area contributed by atoms with Crippen LogP contribution in [0.1, 0.15) is 19.4 Å². The third-order valence-corrected chi connectivity index (χ3v) is 2.89. The Hall–Kier alpha value is -0.840. The minimum absolute atomic E-state index is 0.00345. The van der Waals surface area contributed by atoms with E-state index in [1.165, 1.54) is 0 Å². The molecule has 0 amide bonds. The number of rotatable bonds is 3. The van der Waals surface area contributed by atoms with E-state index in [1.807, 2.05) is 39.0 Å². The summed E-state index contributed by atoms with van der Waals surface area (Å²) in [5.41, 5.74) is 1.40. The smallest absolute Gasteiger partial charge is 0.171 e. The number of aliphatic hydroxyl groups is 1. The second-order valence-electron chi connectivity index (χ2n) is 4.59. The summed E-state index contributed by atoms with van der Waals surface area (Å²) in [5.74, 6) is 0. The molecule has 94 valence electrons. The van der Waals surface area contributed by atoms with Gasteiger partial charge < -0.3 is 15.7 Å². The van der Waals surface area contributed by atoms with Crippen molar-refractivity contribution in [3.8, 4) is 0 Å². The Morgan fingerprint density at radius 2 is 2.12 bits per heavy atom. The average molecular weight is 273 g/mol. The lowest BCUT2D eigenvalue weighted by atomic mass is 10.1. The Labute approximate surface area is 112 Å². The van der Waals surface area contributed by atoms with Crippen molar-refractivity contribution in [2.75, 3.05) is 11.9 Å². The van der Waals surface area contributed by atoms with Gasteiger partial charge >= 0.3 is 0 Å². The Kier molecular flexibility index (Phi) is 4.74. The number of hydrogen-bond donors (Lipinski definition) is 3. The van der Waals surface area contributed by atoms with Crippen molar-refractivity contribution in [3.05, 3.63) is 28.8 Å². The van der Waals surface area contributed by atoms with E-state index in [2.05, 4.69) is 10.6 Å². The zero-order valence-electron chi connectivity index (χ0n) is 10.2. The van der Waals surface area contributed by atoms with Crippen LogP contribution in [0.25, 0.3) is 0 Å². The van der Waals surface area contributed by atoms with Gasteiger partial charge in [-0.15, -0.1) is 0 Å². The third-order valence-electron chi connectivity index (χ3n) is 2.28. The van der Waals surface area contributed by atoms with Crippen LogP contribution in [0.2, 0.25) is 5.02 Å². The highest BCUT2D eigenvalue weighted by Crippen LogP contribution is 2.19. The van der Waals surface area contributed by atoms with Crippen molar-refractivity contribution < 1.29 is 5.11 Å². The SMILES string of the molecule is Cc1ccc(NC(=S)NC(C)(C)CO)cc1Cl. The summed E-state index contributed by atoms with van der Waals surface area (Å²) < 4.78 is 0. The number of anilines is 1. The largest absolute Gasteiger partial charge is 0.394 e. The molecule has 17 heavy (non-hydrogen) atoms. The van der Waals surface area contributed by atoms with E-state index in [-0.39, 0.29) is 6.61 Å². The van der Waals surface area contributed by atoms with Gasteiger partial charge in [-0.1, -0.05) is 17.7 Å². The molecular weight excluding hydrogens is 256 g/mol. The maximum Gasteiger partial charge on any atom is 0.171 e. The molecule has 0 unspecified atom stereocenters. The summed E-state index contributed by atoms with van der Waals surface area (Å²) in [6.45, 7) is 5.67. The molecular formula is C12H17ClN2OS. The number of hydrogen-bond acceptors (Lipinski definition) is 2. The second kappa shape index (κ2) is 5.67. The fourth-order valence-corrected chi connectivity index (χ4v) is 1.75. The van der Waals surface area contributed by atoms with E-state index in [0.717, 1.165) is 11.3 Å². The molecule has 0 aromatic heterocycles. The van der Waals surface area contributed by atoms with Crippen LogP contribution >= 0.6 is 23.8 Å². The average Bonchev–Trinajstić information content (AvgIpc) is 2.23. The van der Waals surface area contributed by atoms with Crippen LogP contribution in [-0.2, 0) is 0 Å². The van der Waals surface area contributed by atoms with Gasteiger partial charge in [0.25, 0.3) is 0 Å². The van der Waals surface area contributed by atoms with Gasteiger partial charge in [0, 0.05) is 10.7 Å². The molecule has 0 fully saturated rings. The van der Waals surface area contributed by atoms with Crippen molar-refractivity contribution in [2.24, 2.45) is 0 Å². The molecule has 0 aliphatic carbocycles. The first-order chi connectivity index (χ1) is 7.84. The van der Waals surface area contributed by atoms with Crippen LogP contribution < -0.4 is 10.6 Å². The van der Waals surface area contributed by atoms with Gasteiger partial charge in [-0.3, -0.25) is 0 Å². The minimum atomic E-state index is -0.446. The van der Waals surface area contributed by atoms with Gasteiger partial charge in [-0.05, 0) is 50.7 Å². The molecule has 3 nitrogen and oxygen atoms in total. The molecule has 0 radical (unpaired) electrons. The van der Waals surface area contributed by atoms with Gasteiger partial charge in [-0.25, -0.2) is 0 Å². The van der Waals surface area contributed by atoms with E-state index in [0.29, 0.717) is 10.1 Å². The van der Waals surface area contributed by atoms with Crippen LogP contribution in [0.5, 0.6) is 0 Å². The molecule has 0 saturated heterocycles.